The Bertz CT molecular complexity index is 337. The lowest BCUT2D eigenvalue weighted by Gasteiger charge is -2.13. The topological polar surface area (TPSA) is 9.23 Å². The van der Waals surface area contributed by atoms with Gasteiger partial charge in [-0.2, -0.15) is 0 Å². The van der Waals surface area contributed by atoms with E-state index in [2.05, 4.69) is 32.0 Å². The molecular formula is C14H20O. The van der Waals surface area contributed by atoms with Crippen LogP contribution in [0.3, 0.4) is 0 Å². The zero-order valence-electron chi connectivity index (χ0n) is 9.92. The standard InChI is InChI=1S/C14H20O/c1-4-15-14-8-7-12(10(2)3)9-13(14)11-5-6-11/h7-11H,4-6H2,1-3H3. The molecule has 1 aromatic carbocycles. The van der Waals surface area contributed by atoms with Crippen LogP contribution in [-0.2, 0) is 0 Å². The molecule has 1 aliphatic carbocycles. The van der Waals surface area contributed by atoms with Gasteiger partial charge in [-0.25, -0.2) is 0 Å². The Morgan fingerprint density at radius 3 is 2.60 bits per heavy atom. The highest BCUT2D eigenvalue weighted by Gasteiger charge is 2.27. The van der Waals surface area contributed by atoms with E-state index < -0.39 is 0 Å². The quantitative estimate of drug-likeness (QED) is 0.718. The molecule has 0 spiro atoms. The molecule has 0 N–H and O–H groups in total. The fourth-order valence-electron chi connectivity index (χ4n) is 1.93. The first-order chi connectivity index (χ1) is 7.22. The second-order valence-corrected chi connectivity index (χ2v) is 4.66. The van der Waals surface area contributed by atoms with Gasteiger partial charge in [-0.15, -0.1) is 0 Å². The molecule has 82 valence electrons. The zero-order valence-corrected chi connectivity index (χ0v) is 9.92. The third-order valence-electron chi connectivity index (χ3n) is 3.02. The van der Waals surface area contributed by atoms with Gasteiger partial charge < -0.3 is 4.74 Å². The van der Waals surface area contributed by atoms with Crippen LogP contribution in [0.4, 0.5) is 0 Å². The van der Waals surface area contributed by atoms with Crippen LogP contribution in [0.5, 0.6) is 5.75 Å². The molecule has 2 rings (SSSR count). The number of hydrogen-bond acceptors (Lipinski definition) is 1. The van der Waals surface area contributed by atoms with E-state index in [0.29, 0.717) is 5.92 Å². The molecule has 0 heterocycles. The Morgan fingerprint density at radius 1 is 1.33 bits per heavy atom. The Balaban J connectivity index is 2.31. The van der Waals surface area contributed by atoms with E-state index in [1.54, 1.807) is 0 Å². The van der Waals surface area contributed by atoms with E-state index in [0.717, 1.165) is 18.3 Å². The van der Waals surface area contributed by atoms with Crippen LogP contribution >= 0.6 is 0 Å². The van der Waals surface area contributed by atoms with Crippen molar-refractivity contribution in [3.63, 3.8) is 0 Å². The van der Waals surface area contributed by atoms with Gasteiger partial charge in [0.15, 0.2) is 0 Å². The van der Waals surface area contributed by atoms with Crippen molar-refractivity contribution in [3.05, 3.63) is 29.3 Å². The van der Waals surface area contributed by atoms with E-state index in [1.165, 1.54) is 24.0 Å². The highest BCUT2D eigenvalue weighted by atomic mass is 16.5. The summed E-state index contributed by atoms with van der Waals surface area (Å²) < 4.78 is 5.67. The SMILES string of the molecule is CCOc1ccc(C(C)C)cc1C1CC1. The lowest BCUT2D eigenvalue weighted by atomic mass is 9.98. The molecule has 1 fully saturated rings. The lowest BCUT2D eigenvalue weighted by molar-refractivity contribution is 0.336. The first-order valence-electron chi connectivity index (χ1n) is 5.99. The summed E-state index contributed by atoms with van der Waals surface area (Å²) in [6, 6.07) is 6.68. The van der Waals surface area contributed by atoms with Crippen molar-refractivity contribution < 1.29 is 4.74 Å². The van der Waals surface area contributed by atoms with Gasteiger partial charge in [0.25, 0.3) is 0 Å². The predicted octanol–water partition coefficient (Wildman–Crippen LogP) is 4.09. The van der Waals surface area contributed by atoms with Crippen molar-refractivity contribution in [2.45, 2.75) is 45.4 Å². The third-order valence-corrected chi connectivity index (χ3v) is 3.02. The minimum absolute atomic E-state index is 0.609. The summed E-state index contributed by atoms with van der Waals surface area (Å²) in [6.07, 6.45) is 2.67. The van der Waals surface area contributed by atoms with Gasteiger partial charge in [0.1, 0.15) is 5.75 Å². The maximum Gasteiger partial charge on any atom is 0.122 e. The number of benzene rings is 1. The molecule has 1 aromatic rings. The molecule has 1 heteroatoms. The minimum Gasteiger partial charge on any atom is -0.494 e. The average molecular weight is 204 g/mol. The van der Waals surface area contributed by atoms with Gasteiger partial charge in [0.05, 0.1) is 6.61 Å². The van der Waals surface area contributed by atoms with Crippen molar-refractivity contribution >= 4 is 0 Å². The summed E-state index contributed by atoms with van der Waals surface area (Å²) in [5.74, 6) is 2.48. The third kappa shape index (κ3) is 2.34. The van der Waals surface area contributed by atoms with Crippen molar-refractivity contribution in [1.82, 2.24) is 0 Å². The molecule has 0 atom stereocenters. The maximum atomic E-state index is 5.67. The molecule has 0 amide bonds. The van der Waals surface area contributed by atoms with Gasteiger partial charge in [0, 0.05) is 0 Å². The molecule has 0 unspecified atom stereocenters. The fourth-order valence-corrected chi connectivity index (χ4v) is 1.93. The van der Waals surface area contributed by atoms with E-state index in [9.17, 15) is 0 Å². The van der Waals surface area contributed by atoms with Gasteiger partial charge in [-0.05, 0) is 48.8 Å². The summed E-state index contributed by atoms with van der Waals surface area (Å²) in [4.78, 5) is 0. The summed E-state index contributed by atoms with van der Waals surface area (Å²) >= 11 is 0. The van der Waals surface area contributed by atoms with Gasteiger partial charge in [-0.1, -0.05) is 26.0 Å². The molecule has 0 aliphatic heterocycles. The zero-order chi connectivity index (χ0) is 10.8. The molecular weight excluding hydrogens is 184 g/mol. The van der Waals surface area contributed by atoms with E-state index in [4.69, 9.17) is 4.74 Å². The largest absolute Gasteiger partial charge is 0.494 e. The van der Waals surface area contributed by atoms with Crippen LogP contribution in [0.2, 0.25) is 0 Å². The first kappa shape index (κ1) is 10.5. The van der Waals surface area contributed by atoms with Crippen LogP contribution in [-0.4, -0.2) is 6.61 Å². The number of ether oxygens (including phenoxy) is 1. The molecule has 15 heavy (non-hydrogen) atoms. The molecule has 0 saturated heterocycles. The Kier molecular flexibility index (Phi) is 2.99. The molecule has 0 bridgehead atoms. The van der Waals surface area contributed by atoms with E-state index in [-0.39, 0.29) is 0 Å². The first-order valence-corrected chi connectivity index (χ1v) is 5.99. The fraction of sp³-hybridized carbons (Fsp3) is 0.571. The molecule has 0 aromatic heterocycles. The summed E-state index contributed by atoms with van der Waals surface area (Å²) in [7, 11) is 0. The number of hydrogen-bond donors (Lipinski definition) is 0. The summed E-state index contributed by atoms with van der Waals surface area (Å²) in [5.41, 5.74) is 2.86. The van der Waals surface area contributed by atoms with Crippen LogP contribution in [0.1, 0.15) is 56.6 Å². The second kappa shape index (κ2) is 4.26. The van der Waals surface area contributed by atoms with E-state index >= 15 is 0 Å². The monoisotopic (exact) mass is 204 g/mol. The predicted molar refractivity (Wildman–Crippen MR) is 63.7 cm³/mol. The smallest absolute Gasteiger partial charge is 0.122 e. The minimum atomic E-state index is 0.609. The van der Waals surface area contributed by atoms with Crippen molar-refractivity contribution in [1.29, 1.82) is 0 Å². The summed E-state index contributed by atoms with van der Waals surface area (Å²) in [5, 5.41) is 0. The van der Waals surface area contributed by atoms with Crippen LogP contribution in [0, 0.1) is 0 Å². The van der Waals surface area contributed by atoms with Gasteiger partial charge in [0.2, 0.25) is 0 Å². The van der Waals surface area contributed by atoms with Crippen molar-refractivity contribution in [2.24, 2.45) is 0 Å². The second-order valence-electron chi connectivity index (χ2n) is 4.66. The van der Waals surface area contributed by atoms with E-state index in [1.807, 2.05) is 6.92 Å². The molecule has 1 saturated carbocycles. The normalized spacial score (nSPS) is 15.7. The van der Waals surface area contributed by atoms with Gasteiger partial charge >= 0.3 is 0 Å². The highest BCUT2D eigenvalue weighted by molar-refractivity contribution is 5.42. The lowest BCUT2D eigenvalue weighted by Crippen LogP contribution is -1.97. The molecule has 0 radical (unpaired) electrons. The molecule has 1 aliphatic rings. The van der Waals surface area contributed by atoms with Crippen LogP contribution in [0.15, 0.2) is 18.2 Å². The summed E-state index contributed by atoms with van der Waals surface area (Å²) in [6.45, 7) is 7.30. The average Bonchev–Trinajstić information content (AvgIpc) is 3.02. The van der Waals surface area contributed by atoms with Gasteiger partial charge in [-0.3, -0.25) is 0 Å². The Morgan fingerprint density at radius 2 is 2.07 bits per heavy atom. The Labute approximate surface area is 92.5 Å². The highest BCUT2D eigenvalue weighted by Crippen LogP contribution is 2.45. The number of rotatable bonds is 4. The van der Waals surface area contributed by atoms with Crippen LogP contribution < -0.4 is 4.74 Å². The maximum absolute atomic E-state index is 5.67. The van der Waals surface area contributed by atoms with Crippen LogP contribution in [0.25, 0.3) is 0 Å². The van der Waals surface area contributed by atoms with Crippen molar-refractivity contribution in [3.8, 4) is 5.75 Å². The van der Waals surface area contributed by atoms with Crippen molar-refractivity contribution in [2.75, 3.05) is 6.61 Å². The Hall–Kier alpha value is -0.980. The molecule has 1 nitrogen and oxygen atoms in total.